The molecule has 0 spiro atoms. The van der Waals surface area contributed by atoms with Crippen molar-refractivity contribution < 1.29 is 8.42 Å². The van der Waals surface area contributed by atoms with E-state index in [4.69, 9.17) is 11.6 Å². The van der Waals surface area contributed by atoms with Crippen molar-refractivity contribution in [1.82, 2.24) is 9.62 Å². The van der Waals surface area contributed by atoms with E-state index < -0.39 is 10.0 Å². The van der Waals surface area contributed by atoms with Crippen LogP contribution in [-0.4, -0.2) is 31.9 Å². The predicted molar refractivity (Wildman–Crippen MR) is 86.0 cm³/mol. The standard InChI is InChI=1S/C15H23ClN2O2S/c1-3-17-11-13-10-14(7-8-15(13)16)21(19,20)18-9-5-4-6-12(18)2/h7-8,10,12,17H,3-6,9,11H2,1-2H3. The quantitative estimate of drug-likeness (QED) is 0.902. The first kappa shape index (κ1) is 16.7. The van der Waals surface area contributed by atoms with Crippen molar-refractivity contribution >= 4 is 21.6 Å². The van der Waals surface area contributed by atoms with Gasteiger partial charge in [-0.15, -0.1) is 0 Å². The fourth-order valence-corrected chi connectivity index (χ4v) is 4.61. The zero-order chi connectivity index (χ0) is 15.5. The normalized spacial score (nSPS) is 20.6. The van der Waals surface area contributed by atoms with Gasteiger partial charge in [-0.2, -0.15) is 4.31 Å². The van der Waals surface area contributed by atoms with Crippen LogP contribution in [0.25, 0.3) is 0 Å². The van der Waals surface area contributed by atoms with Gasteiger partial charge in [-0.3, -0.25) is 0 Å². The molecule has 0 amide bonds. The highest BCUT2D eigenvalue weighted by atomic mass is 35.5. The van der Waals surface area contributed by atoms with E-state index in [1.807, 2.05) is 13.8 Å². The number of rotatable bonds is 5. The van der Waals surface area contributed by atoms with E-state index in [9.17, 15) is 8.42 Å². The predicted octanol–water partition coefficient (Wildman–Crippen LogP) is 3.01. The van der Waals surface area contributed by atoms with Gasteiger partial charge < -0.3 is 5.32 Å². The molecule has 118 valence electrons. The Balaban J connectivity index is 2.31. The van der Waals surface area contributed by atoms with Crippen molar-refractivity contribution in [1.29, 1.82) is 0 Å². The number of halogens is 1. The second-order valence-electron chi connectivity index (χ2n) is 5.49. The van der Waals surface area contributed by atoms with Gasteiger partial charge >= 0.3 is 0 Å². The van der Waals surface area contributed by atoms with E-state index in [1.54, 1.807) is 22.5 Å². The highest BCUT2D eigenvalue weighted by Gasteiger charge is 2.31. The van der Waals surface area contributed by atoms with Crippen molar-refractivity contribution in [3.05, 3.63) is 28.8 Å². The molecule has 1 aliphatic rings. The Bertz CT molecular complexity index is 589. The van der Waals surface area contributed by atoms with Crippen molar-refractivity contribution in [3.8, 4) is 0 Å². The minimum Gasteiger partial charge on any atom is -0.313 e. The van der Waals surface area contributed by atoms with E-state index in [1.165, 1.54) is 0 Å². The Hall–Kier alpha value is -0.620. The van der Waals surface area contributed by atoms with Gasteiger partial charge in [0.25, 0.3) is 0 Å². The zero-order valence-corrected chi connectivity index (χ0v) is 14.2. The molecule has 1 saturated heterocycles. The molecular weight excluding hydrogens is 308 g/mol. The zero-order valence-electron chi connectivity index (χ0n) is 12.6. The number of benzene rings is 1. The van der Waals surface area contributed by atoms with Crippen LogP contribution in [-0.2, 0) is 16.6 Å². The van der Waals surface area contributed by atoms with Crippen molar-refractivity contribution in [2.45, 2.75) is 50.6 Å². The van der Waals surface area contributed by atoms with Crippen LogP contribution >= 0.6 is 11.6 Å². The topological polar surface area (TPSA) is 49.4 Å². The third-order valence-corrected chi connectivity index (χ3v) is 6.31. The van der Waals surface area contributed by atoms with Crippen LogP contribution in [0, 0.1) is 0 Å². The molecule has 1 aliphatic heterocycles. The molecule has 4 nitrogen and oxygen atoms in total. The third kappa shape index (κ3) is 3.77. The highest BCUT2D eigenvalue weighted by molar-refractivity contribution is 7.89. The number of hydrogen-bond donors (Lipinski definition) is 1. The molecule has 21 heavy (non-hydrogen) atoms. The molecule has 1 atom stereocenters. The van der Waals surface area contributed by atoms with Crippen LogP contribution < -0.4 is 5.32 Å². The maximum atomic E-state index is 12.8. The summed E-state index contributed by atoms with van der Waals surface area (Å²) in [5.41, 5.74) is 0.823. The molecule has 1 unspecified atom stereocenters. The molecule has 2 rings (SSSR count). The summed E-state index contributed by atoms with van der Waals surface area (Å²) in [5.74, 6) is 0. The Morgan fingerprint density at radius 2 is 2.14 bits per heavy atom. The maximum Gasteiger partial charge on any atom is 0.243 e. The SMILES string of the molecule is CCNCc1cc(S(=O)(=O)N2CCCCC2C)ccc1Cl. The summed E-state index contributed by atoms with van der Waals surface area (Å²) in [5, 5.41) is 3.78. The lowest BCUT2D eigenvalue weighted by molar-refractivity contribution is 0.268. The van der Waals surface area contributed by atoms with Crippen molar-refractivity contribution in [3.63, 3.8) is 0 Å². The van der Waals surface area contributed by atoms with Crippen molar-refractivity contribution in [2.75, 3.05) is 13.1 Å². The van der Waals surface area contributed by atoms with Crippen LogP contribution in [0.2, 0.25) is 5.02 Å². The van der Waals surface area contributed by atoms with Gasteiger partial charge in [-0.1, -0.05) is 24.9 Å². The Morgan fingerprint density at radius 1 is 1.38 bits per heavy atom. The second-order valence-corrected chi connectivity index (χ2v) is 7.79. The maximum absolute atomic E-state index is 12.8. The highest BCUT2D eigenvalue weighted by Crippen LogP contribution is 2.27. The molecule has 0 radical (unpaired) electrons. The van der Waals surface area contributed by atoms with Crippen LogP contribution in [0.1, 0.15) is 38.7 Å². The van der Waals surface area contributed by atoms with Crippen molar-refractivity contribution in [2.24, 2.45) is 0 Å². The summed E-state index contributed by atoms with van der Waals surface area (Å²) in [6.07, 6.45) is 2.96. The van der Waals surface area contributed by atoms with Crippen LogP contribution in [0.3, 0.4) is 0 Å². The largest absolute Gasteiger partial charge is 0.313 e. The Kier molecular flexibility index (Phi) is 5.66. The minimum atomic E-state index is -3.43. The van der Waals surface area contributed by atoms with Crippen LogP contribution in [0.4, 0.5) is 0 Å². The Labute approximate surface area is 132 Å². The monoisotopic (exact) mass is 330 g/mol. The number of nitrogens with zero attached hydrogens (tertiary/aromatic N) is 1. The fraction of sp³-hybridized carbons (Fsp3) is 0.600. The lowest BCUT2D eigenvalue weighted by Crippen LogP contribution is -2.41. The van der Waals surface area contributed by atoms with E-state index in [0.29, 0.717) is 23.0 Å². The molecule has 1 heterocycles. The van der Waals surface area contributed by atoms with Gasteiger partial charge in [0.1, 0.15) is 0 Å². The first-order valence-corrected chi connectivity index (χ1v) is 9.29. The molecule has 1 aromatic rings. The lowest BCUT2D eigenvalue weighted by atomic mass is 10.1. The first-order valence-electron chi connectivity index (χ1n) is 7.47. The van der Waals surface area contributed by atoms with E-state index in [-0.39, 0.29) is 6.04 Å². The van der Waals surface area contributed by atoms with Gasteiger partial charge in [0.05, 0.1) is 4.90 Å². The summed E-state index contributed by atoms with van der Waals surface area (Å²) < 4.78 is 27.2. The summed E-state index contributed by atoms with van der Waals surface area (Å²) in [4.78, 5) is 0.341. The lowest BCUT2D eigenvalue weighted by Gasteiger charge is -2.32. The van der Waals surface area contributed by atoms with E-state index in [0.717, 1.165) is 31.4 Å². The molecule has 0 aliphatic carbocycles. The van der Waals surface area contributed by atoms with Gasteiger partial charge in [0, 0.05) is 24.2 Å². The van der Waals surface area contributed by atoms with E-state index in [2.05, 4.69) is 5.32 Å². The second kappa shape index (κ2) is 7.09. The third-order valence-electron chi connectivity index (χ3n) is 3.93. The molecule has 6 heteroatoms. The summed E-state index contributed by atoms with van der Waals surface area (Å²) in [6, 6.07) is 5.04. The smallest absolute Gasteiger partial charge is 0.243 e. The van der Waals surface area contributed by atoms with Gasteiger partial charge in [0.15, 0.2) is 0 Å². The first-order chi connectivity index (χ1) is 9.96. The number of nitrogens with one attached hydrogen (secondary N) is 1. The number of hydrogen-bond acceptors (Lipinski definition) is 3. The fourth-order valence-electron chi connectivity index (χ4n) is 2.67. The van der Waals surface area contributed by atoms with Crippen LogP contribution in [0.15, 0.2) is 23.1 Å². The molecule has 0 aromatic heterocycles. The van der Waals surface area contributed by atoms with Crippen LogP contribution in [0.5, 0.6) is 0 Å². The van der Waals surface area contributed by atoms with Gasteiger partial charge in [0.2, 0.25) is 10.0 Å². The number of sulfonamides is 1. The molecule has 1 aromatic carbocycles. The number of piperidine rings is 1. The van der Waals surface area contributed by atoms with E-state index >= 15 is 0 Å². The molecule has 0 bridgehead atoms. The summed E-state index contributed by atoms with van der Waals surface area (Å²) >= 11 is 6.15. The average molecular weight is 331 g/mol. The molecule has 1 N–H and O–H groups in total. The summed E-state index contributed by atoms with van der Waals surface area (Å²) in [6.45, 7) is 5.98. The Morgan fingerprint density at radius 3 is 2.81 bits per heavy atom. The summed E-state index contributed by atoms with van der Waals surface area (Å²) in [7, 11) is -3.43. The van der Waals surface area contributed by atoms with Gasteiger partial charge in [-0.25, -0.2) is 8.42 Å². The molecule has 1 fully saturated rings. The minimum absolute atomic E-state index is 0.0663. The molecular formula is C15H23ClN2O2S. The molecule has 0 saturated carbocycles. The average Bonchev–Trinajstić information content (AvgIpc) is 2.46. The van der Waals surface area contributed by atoms with Gasteiger partial charge in [-0.05, 0) is 50.1 Å².